The number of fused-ring (bicyclic) bond motifs is 1. The van der Waals surface area contributed by atoms with Gasteiger partial charge in [0, 0.05) is 27.7 Å². The van der Waals surface area contributed by atoms with Crippen molar-refractivity contribution in [2.24, 2.45) is 7.05 Å². The van der Waals surface area contributed by atoms with Crippen LogP contribution in [0, 0.1) is 11.3 Å². The van der Waals surface area contributed by atoms with E-state index < -0.39 is 0 Å². The molecule has 0 saturated carbocycles. The molecule has 0 radical (unpaired) electrons. The van der Waals surface area contributed by atoms with E-state index in [2.05, 4.69) is 40.0 Å². The van der Waals surface area contributed by atoms with Crippen LogP contribution in [-0.4, -0.2) is 26.4 Å². The minimum Gasteiger partial charge on any atom is -0.316 e. The Labute approximate surface area is 201 Å². The van der Waals surface area contributed by atoms with E-state index >= 15 is 0 Å². The highest BCUT2D eigenvalue weighted by Gasteiger charge is 2.21. The molecular formula is C23H27N5OS3. The molecule has 0 fully saturated rings. The van der Waals surface area contributed by atoms with Crippen LogP contribution in [-0.2, 0) is 31.1 Å². The Hall–Kier alpha value is -2.15. The van der Waals surface area contributed by atoms with Gasteiger partial charge in [0.25, 0.3) is 0 Å². The zero-order valence-electron chi connectivity index (χ0n) is 18.4. The summed E-state index contributed by atoms with van der Waals surface area (Å²) in [5.74, 6) is 0.923. The fourth-order valence-electron chi connectivity index (χ4n) is 3.99. The standard InChI is InChI=1S/C23H27N5OS3/c1-3-8-16-11-15(13-30-16)21-26-27-23(28(21)2)31-14-20(29)25-22-18(12-24)17-9-6-4-5-7-10-19(17)32-22/h11,13H,3-10,14H2,1-2H3,(H,25,29). The Morgan fingerprint density at radius 1 is 1.28 bits per heavy atom. The number of anilines is 1. The first-order valence-electron chi connectivity index (χ1n) is 11.0. The molecule has 3 aromatic rings. The van der Waals surface area contributed by atoms with Gasteiger partial charge in [-0.1, -0.05) is 37.9 Å². The molecule has 168 valence electrons. The van der Waals surface area contributed by atoms with Crippen LogP contribution in [0.2, 0.25) is 0 Å². The highest BCUT2D eigenvalue weighted by atomic mass is 32.2. The van der Waals surface area contributed by atoms with E-state index in [1.807, 2.05) is 11.6 Å². The van der Waals surface area contributed by atoms with Gasteiger partial charge in [0.05, 0.1) is 11.3 Å². The van der Waals surface area contributed by atoms with Crippen molar-refractivity contribution in [1.82, 2.24) is 14.8 Å². The van der Waals surface area contributed by atoms with E-state index in [4.69, 9.17) is 0 Å². The zero-order chi connectivity index (χ0) is 22.5. The summed E-state index contributed by atoms with van der Waals surface area (Å²) in [6.07, 6.45) is 8.84. The number of nitrogens with one attached hydrogen (secondary N) is 1. The third-order valence-corrected chi connectivity index (χ3v) is 8.84. The topological polar surface area (TPSA) is 83.6 Å². The average Bonchev–Trinajstić information content (AvgIpc) is 3.44. The molecule has 1 amide bonds. The lowest BCUT2D eigenvalue weighted by Crippen LogP contribution is -2.14. The van der Waals surface area contributed by atoms with Crippen molar-refractivity contribution in [3.63, 3.8) is 0 Å². The molecule has 3 heterocycles. The van der Waals surface area contributed by atoms with Crippen LogP contribution in [0.15, 0.2) is 16.6 Å². The normalized spacial score (nSPS) is 13.8. The van der Waals surface area contributed by atoms with Crippen LogP contribution in [0.5, 0.6) is 0 Å². The van der Waals surface area contributed by atoms with Crippen molar-refractivity contribution in [3.05, 3.63) is 32.3 Å². The Morgan fingerprint density at radius 3 is 2.88 bits per heavy atom. The van der Waals surface area contributed by atoms with Gasteiger partial charge < -0.3 is 9.88 Å². The lowest BCUT2D eigenvalue weighted by Gasteiger charge is -2.08. The number of carbonyl (C=O) groups is 1. The van der Waals surface area contributed by atoms with Gasteiger partial charge in [0.15, 0.2) is 11.0 Å². The molecule has 0 bridgehead atoms. The molecule has 6 nitrogen and oxygen atoms in total. The Morgan fingerprint density at radius 2 is 2.09 bits per heavy atom. The number of nitriles is 1. The van der Waals surface area contributed by atoms with Gasteiger partial charge in [-0.3, -0.25) is 4.79 Å². The molecule has 1 aliphatic rings. The second-order valence-corrected chi connectivity index (χ2v) is 11.0. The first-order chi connectivity index (χ1) is 15.6. The van der Waals surface area contributed by atoms with Gasteiger partial charge in [-0.2, -0.15) is 5.26 Å². The molecule has 9 heteroatoms. The Balaban J connectivity index is 1.41. The monoisotopic (exact) mass is 485 g/mol. The fraction of sp³-hybridized carbons (Fsp3) is 0.478. The third-order valence-electron chi connectivity index (χ3n) is 5.61. The molecule has 0 aliphatic heterocycles. The summed E-state index contributed by atoms with van der Waals surface area (Å²) in [4.78, 5) is 15.3. The van der Waals surface area contributed by atoms with Gasteiger partial charge in [-0.05, 0) is 43.7 Å². The molecule has 0 aromatic carbocycles. The second-order valence-electron chi connectivity index (χ2n) is 7.99. The molecule has 0 atom stereocenters. The first-order valence-corrected chi connectivity index (χ1v) is 13.7. The number of thiophene rings is 2. The number of nitrogens with zero attached hydrogens (tertiary/aromatic N) is 4. The Bertz CT molecular complexity index is 1140. The lowest BCUT2D eigenvalue weighted by molar-refractivity contribution is -0.113. The van der Waals surface area contributed by atoms with Crippen LogP contribution in [0.1, 0.15) is 59.9 Å². The van der Waals surface area contributed by atoms with Crippen molar-refractivity contribution in [2.75, 3.05) is 11.1 Å². The van der Waals surface area contributed by atoms with Crippen molar-refractivity contribution >= 4 is 45.3 Å². The van der Waals surface area contributed by atoms with Crippen molar-refractivity contribution < 1.29 is 4.79 Å². The van der Waals surface area contributed by atoms with E-state index in [0.29, 0.717) is 15.7 Å². The molecule has 0 unspecified atom stereocenters. The molecule has 32 heavy (non-hydrogen) atoms. The quantitative estimate of drug-likeness (QED) is 0.426. The van der Waals surface area contributed by atoms with E-state index in [-0.39, 0.29) is 11.7 Å². The van der Waals surface area contributed by atoms with E-state index in [0.717, 1.165) is 55.5 Å². The number of amides is 1. The number of rotatable bonds is 7. The van der Waals surface area contributed by atoms with Gasteiger partial charge in [0.2, 0.25) is 5.91 Å². The maximum absolute atomic E-state index is 12.7. The van der Waals surface area contributed by atoms with Crippen LogP contribution < -0.4 is 5.32 Å². The molecule has 4 rings (SSSR count). The maximum Gasteiger partial charge on any atom is 0.235 e. The largest absolute Gasteiger partial charge is 0.316 e. The van der Waals surface area contributed by atoms with E-state index in [1.165, 1.54) is 34.4 Å². The third kappa shape index (κ3) is 5.08. The van der Waals surface area contributed by atoms with Gasteiger partial charge in [-0.25, -0.2) is 0 Å². The second kappa shape index (κ2) is 10.6. The summed E-state index contributed by atoms with van der Waals surface area (Å²) < 4.78 is 1.94. The number of thioether (sulfide) groups is 1. The molecular weight excluding hydrogens is 458 g/mol. The molecule has 1 aliphatic carbocycles. The zero-order valence-corrected chi connectivity index (χ0v) is 20.9. The van der Waals surface area contributed by atoms with Gasteiger partial charge >= 0.3 is 0 Å². The number of aromatic nitrogens is 3. The Kier molecular flexibility index (Phi) is 7.66. The van der Waals surface area contributed by atoms with E-state index in [9.17, 15) is 10.1 Å². The van der Waals surface area contributed by atoms with Crippen LogP contribution in [0.4, 0.5) is 5.00 Å². The van der Waals surface area contributed by atoms with Crippen LogP contribution in [0.25, 0.3) is 11.4 Å². The van der Waals surface area contributed by atoms with Gasteiger partial charge in [0.1, 0.15) is 11.1 Å². The van der Waals surface area contributed by atoms with Crippen LogP contribution in [0.3, 0.4) is 0 Å². The number of aryl methyl sites for hydroxylation is 2. The lowest BCUT2D eigenvalue weighted by atomic mass is 9.97. The predicted molar refractivity (Wildman–Crippen MR) is 133 cm³/mol. The summed E-state index contributed by atoms with van der Waals surface area (Å²) >= 11 is 4.68. The van der Waals surface area contributed by atoms with Gasteiger partial charge in [-0.15, -0.1) is 32.9 Å². The number of hydrogen-bond acceptors (Lipinski definition) is 7. The summed E-state index contributed by atoms with van der Waals surface area (Å²) in [5.41, 5.74) is 2.88. The van der Waals surface area contributed by atoms with Crippen molar-refractivity contribution in [1.29, 1.82) is 5.26 Å². The minimum absolute atomic E-state index is 0.119. The van der Waals surface area contributed by atoms with Crippen molar-refractivity contribution in [3.8, 4) is 17.5 Å². The highest BCUT2D eigenvalue weighted by Crippen LogP contribution is 2.36. The molecule has 0 spiro atoms. The average molecular weight is 486 g/mol. The SMILES string of the molecule is CCCc1cc(-c2nnc(SCC(=O)Nc3sc4c(c3C#N)CCCCCC4)n2C)cs1. The van der Waals surface area contributed by atoms with Crippen LogP contribution >= 0.6 is 34.4 Å². The number of carbonyl (C=O) groups excluding carboxylic acids is 1. The number of hydrogen-bond donors (Lipinski definition) is 1. The highest BCUT2D eigenvalue weighted by molar-refractivity contribution is 7.99. The first kappa shape index (κ1) is 23.0. The predicted octanol–water partition coefficient (Wildman–Crippen LogP) is 5.82. The summed E-state index contributed by atoms with van der Waals surface area (Å²) in [7, 11) is 1.93. The fourth-order valence-corrected chi connectivity index (χ4v) is 6.92. The molecule has 3 aromatic heterocycles. The smallest absolute Gasteiger partial charge is 0.235 e. The maximum atomic E-state index is 12.7. The summed E-state index contributed by atoms with van der Waals surface area (Å²) in [6, 6.07) is 4.51. The molecule has 1 N–H and O–H groups in total. The van der Waals surface area contributed by atoms with E-state index in [1.54, 1.807) is 22.7 Å². The summed E-state index contributed by atoms with van der Waals surface area (Å²) in [5, 5.41) is 24.8. The molecule has 0 saturated heterocycles. The van der Waals surface area contributed by atoms with Crippen molar-refractivity contribution in [2.45, 2.75) is 63.4 Å². The minimum atomic E-state index is -0.119. The summed E-state index contributed by atoms with van der Waals surface area (Å²) in [6.45, 7) is 2.18.